The Balaban J connectivity index is 1.73. The number of nitrogens with one attached hydrogen (secondary N) is 2. The third kappa shape index (κ3) is 6.44. The average Bonchev–Trinajstić information content (AvgIpc) is 3.28. The van der Waals surface area contributed by atoms with Crippen LogP contribution >= 0.6 is 11.8 Å². The first-order valence-electron chi connectivity index (χ1n) is 10.6. The second kappa shape index (κ2) is 11.5. The molecular weight excluding hydrogens is 459 g/mol. The molecule has 0 saturated carbocycles. The monoisotopic (exact) mass is 484 g/mol. The Morgan fingerprint density at radius 2 is 1.85 bits per heavy atom. The smallest absolute Gasteiger partial charge is 0.328 e. The third-order valence-electron chi connectivity index (χ3n) is 4.70. The second-order valence-electron chi connectivity index (χ2n) is 7.61. The van der Waals surface area contributed by atoms with Crippen molar-refractivity contribution in [3.63, 3.8) is 0 Å². The van der Waals surface area contributed by atoms with Crippen LogP contribution in [0.25, 0.3) is 11.3 Å². The van der Waals surface area contributed by atoms with E-state index >= 15 is 0 Å². The fourth-order valence-corrected chi connectivity index (χ4v) is 3.71. The van der Waals surface area contributed by atoms with Crippen LogP contribution in [0, 0.1) is 11.7 Å². The minimum Gasteiger partial charge on any atom is -0.480 e. The molecule has 34 heavy (non-hydrogen) atoms. The molecule has 3 rings (SSSR count). The van der Waals surface area contributed by atoms with Gasteiger partial charge in [-0.15, -0.1) is 11.8 Å². The number of aliphatic imine (C=N–C) groups is 1. The number of aromatic nitrogens is 1. The summed E-state index contributed by atoms with van der Waals surface area (Å²) in [5, 5.41) is 19.1. The van der Waals surface area contributed by atoms with Gasteiger partial charge in [-0.3, -0.25) is 4.99 Å². The van der Waals surface area contributed by atoms with E-state index < -0.39 is 23.9 Å². The van der Waals surface area contributed by atoms with Crippen LogP contribution in [0.3, 0.4) is 0 Å². The zero-order chi connectivity index (χ0) is 24.7. The number of para-hydroxylation sites is 1. The average molecular weight is 485 g/mol. The fraction of sp³-hybridized carbons (Fsp3) is 0.250. The molecule has 0 saturated heterocycles. The standard InChI is InChI=1S/C24H25FN4O4S/c1-4-34-22(28-21(14(2)3)23(30)31)20-13-19(29-33-20)15-9-11-16(12-10-15)26-24(32)27-18-8-6-5-7-17(18)25/h5-14,21H,4H2,1-3H3,(H,30,31)(H2,26,27,32)/b28-22-. The van der Waals surface area contributed by atoms with E-state index in [9.17, 15) is 19.1 Å². The predicted octanol–water partition coefficient (Wildman–Crippen LogP) is 5.73. The number of nitrogens with zero attached hydrogens (tertiary/aromatic N) is 2. The molecule has 3 N–H and O–H groups in total. The van der Waals surface area contributed by atoms with E-state index in [2.05, 4.69) is 20.8 Å². The summed E-state index contributed by atoms with van der Waals surface area (Å²) in [5.41, 5.74) is 1.86. The molecule has 3 aromatic rings. The number of benzene rings is 2. The van der Waals surface area contributed by atoms with Crippen LogP contribution in [0.5, 0.6) is 0 Å². The van der Waals surface area contributed by atoms with Gasteiger partial charge in [-0.05, 0) is 35.9 Å². The first-order chi connectivity index (χ1) is 16.3. The number of urea groups is 1. The van der Waals surface area contributed by atoms with E-state index in [4.69, 9.17) is 4.52 Å². The molecule has 10 heteroatoms. The van der Waals surface area contributed by atoms with Gasteiger partial charge in [0.05, 0.1) is 5.69 Å². The molecule has 1 heterocycles. The van der Waals surface area contributed by atoms with Crippen LogP contribution in [0.2, 0.25) is 0 Å². The van der Waals surface area contributed by atoms with Crippen LogP contribution in [-0.2, 0) is 4.79 Å². The van der Waals surface area contributed by atoms with Crippen LogP contribution in [0.4, 0.5) is 20.6 Å². The molecular formula is C24H25FN4O4S. The van der Waals surface area contributed by atoms with Gasteiger partial charge in [0.25, 0.3) is 0 Å². The van der Waals surface area contributed by atoms with Crippen molar-refractivity contribution in [2.45, 2.75) is 26.8 Å². The van der Waals surface area contributed by atoms with Gasteiger partial charge in [0.15, 0.2) is 11.8 Å². The van der Waals surface area contributed by atoms with E-state index in [1.165, 1.54) is 30.0 Å². The second-order valence-corrected chi connectivity index (χ2v) is 8.86. The van der Waals surface area contributed by atoms with Crippen LogP contribution in [0.1, 0.15) is 26.5 Å². The number of aliphatic carboxylic acids is 1. The van der Waals surface area contributed by atoms with Crippen LogP contribution in [-0.4, -0.2) is 39.1 Å². The number of carbonyl (C=O) groups excluding carboxylic acids is 1. The number of carbonyl (C=O) groups is 2. The lowest BCUT2D eigenvalue weighted by Crippen LogP contribution is -2.25. The van der Waals surface area contributed by atoms with Crippen molar-refractivity contribution < 1.29 is 23.6 Å². The molecule has 0 fully saturated rings. The quantitative estimate of drug-likeness (QED) is 0.278. The number of anilines is 2. The first kappa shape index (κ1) is 25.0. The lowest BCUT2D eigenvalue weighted by Gasteiger charge is -2.12. The molecule has 0 aliphatic heterocycles. The molecule has 0 aliphatic rings. The Labute approximate surface area is 200 Å². The molecule has 1 atom stereocenters. The van der Waals surface area contributed by atoms with Crippen LogP contribution in [0.15, 0.2) is 64.1 Å². The van der Waals surface area contributed by atoms with Gasteiger partial charge in [-0.2, -0.15) is 0 Å². The summed E-state index contributed by atoms with van der Waals surface area (Å²) in [6, 6.07) is 13.0. The number of thioether (sulfide) groups is 1. The van der Waals surface area contributed by atoms with Crippen molar-refractivity contribution in [3.8, 4) is 11.3 Å². The lowest BCUT2D eigenvalue weighted by molar-refractivity contribution is -0.139. The predicted molar refractivity (Wildman–Crippen MR) is 132 cm³/mol. The SMILES string of the molecule is CCS/C(=N\C(C(=O)O)C(C)C)c1cc(-c2ccc(NC(=O)Nc3ccccc3F)cc2)no1. The summed E-state index contributed by atoms with van der Waals surface area (Å²) in [7, 11) is 0. The van der Waals surface area contributed by atoms with Gasteiger partial charge < -0.3 is 20.3 Å². The summed E-state index contributed by atoms with van der Waals surface area (Å²) in [6.45, 7) is 5.54. The van der Waals surface area contributed by atoms with Gasteiger partial charge in [0.2, 0.25) is 0 Å². The Morgan fingerprint density at radius 3 is 2.47 bits per heavy atom. The molecule has 8 nitrogen and oxygen atoms in total. The number of rotatable bonds is 8. The van der Waals surface area contributed by atoms with Crippen molar-refractivity contribution in [2.75, 3.05) is 16.4 Å². The van der Waals surface area contributed by atoms with Gasteiger partial charge >= 0.3 is 12.0 Å². The number of hydrogen-bond donors (Lipinski definition) is 3. The highest BCUT2D eigenvalue weighted by Gasteiger charge is 2.23. The van der Waals surface area contributed by atoms with Crippen molar-refractivity contribution in [1.82, 2.24) is 5.16 Å². The molecule has 0 aliphatic carbocycles. The maximum absolute atomic E-state index is 13.7. The van der Waals surface area contributed by atoms with Gasteiger partial charge in [-0.1, -0.05) is 50.2 Å². The maximum atomic E-state index is 13.7. The van der Waals surface area contributed by atoms with E-state index in [0.717, 1.165) is 5.56 Å². The Kier molecular flexibility index (Phi) is 8.42. The molecule has 2 aromatic carbocycles. The summed E-state index contributed by atoms with van der Waals surface area (Å²) >= 11 is 1.38. The number of amides is 2. The van der Waals surface area contributed by atoms with Gasteiger partial charge in [-0.25, -0.2) is 14.0 Å². The van der Waals surface area contributed by atoms with E-state index in [0.29, 0.717) is 27.9 Å². The highest BCUT2D eigenvalue weighted by Crippen LogP contribution is 2.25. The Bertz CT molecular complexity index is 1180. The Hall–Kier alpha value is -3.66. The molecule has 0 radical (unpaired) electrons. The summed E-state index contributed by atoms with van der Waals surface area (Å²) in [6.07, 6.45) is 0. The van der Waals surface area contributed by atoms with Crippen molar-refractivity contribution in [1.29, 1.82) is 0 Å². The first-order valence-corrected chi connectivity index (χ1v) is 11.6. The van der Waals surface area contributed by atoms with E-state index in [1.54, 1.807) is 50.2 Å². The maximum Gasteiger partial charge on any atom is 0.328 e. The molecule has 2 amide bonds. The van der Waals surface area contributed by atoms with E-state index in [-0.39, 0.29) is 11.6 Å². The number of halogens is 1. The number of carboxylic acid groups (broad SMARTS) is 1. The zero-order valence-electron chi connectivity index (χ0n) is 18.9. The summed E-state index contributed by atoms with van der Waals surface area (Å²) < 4.78 is 19.1. The fourth-order valence-electron chi connectivity index (χ4n) is 3.01. The van der Waals surface area contributed by atoms with Crippen molar-refractivity contribution >= 4 is 40.2 Å². The largest absolute Gasteiger partial charge is 0.480 e. The van der Waals surface area contributed by atoms with Crippen LogP contribution < -0.4 is 10.6 Å². The highest BCUT2D eigenvalue weighted by molar-refractivity contribution is 8.14. The van der Waals surface area contributed by atoms with E-state index in [1.807, 2.05) is 6.92 Å². The van der Waals surface area contributed by atoms with Gasteiger partial charge in [0, 0.05) is 17.3 Å². The molecule has 1 unspecified atom stereocenters. The minimum absolute atomic E-state index is 0.0803. The van der Waals surface area contributed by atoms with Crippen molar-refractivity contribution in [2.24, 2.45) is 10.9 Å². The number of hydrogen-bond acceptors (Lipinski definition) is 6. The Morgan fingerprint density at radius 1 is 1.15 bits per heavy atom. The van der Waals surface area contributed by atoms with Crippen molar-refractivity contribution in [3.05, 3.63) is 66.2 Å². The molecule has 0 spiro atoms. The summed E-state index contributed by atoms with van der Waals surface area (Å²) in [4.78, 5) is 28.1. The topological polar surface area (TPSA) is 117 Å². The third-order valence-corrected chi connectivity index (χ3v) is 5.57. The molecule has 178 valence electrons. The summed E-state index contributed by atoms with van der Waals surface area (Å²) in [5.74, 6) is -0.620. The van der Waals surface area contributed by atoms with Gasteiger partial charge in [0.1, 0.15) is 16.6 Å². The number of carboxylic acids is 1. The normalized spacial score (nSPS) is 12.4. The highest BCUT2D eigenvalue weighted by atomic mass is 32.2. The lowest BCUT2D eigenvalue weighted by atomic mass is 10.1. The minimum atomic E-state index is -0.994. The molecule has 0 bridgehead atoms. The zero-order valence-corrected chi connectivity index (χ0v) is 19.7. The molecule has 1 aromatic heterocycles.